The van der Waals surface area contributed by atoms with Gasteiger partial charge in [-0.2, -0.15) is 0 Å². The summed E-state index contributed by atoms with van der Waals surface area (Å²) in [6.45, 7) is 15.1. The van der Waals surface area contributed by atoms with E-state index >= 15 is 0 Å². The number of rotatable bonds is 4. The minimum atomic E-state index is 0.509. The van der Waals surface area contributed by atoms with E-state index in [9.17, 15) is 0 Å². The van der Waals surface area contributed by atoms with Crippen LogP contribution in [0.1, 0.15) is 34.1 Å². The molecule has 2 heteroatoms. The van der Waals surface area contributed by atoms with Gasteiger partial charge in [-0.15, -0.1) is 0 Å². The lowest BCUT2D eigenvalue weighted by Crippen LogP contribution is -2.68. The van der Waals surface area contributed by atoms with Crippen LogP contribution in [-0.4, -0.2) is 55.7 Å². The number of likely N-dealkylation sites (tertiary alicyclic amines) is 2. The number of hydrogen-bond donors (Lipinski definition) is 0. The average molecular weight is 239 g/mol. The fraction of sp³-hybridized carbons (Fsp3) is 1.00. The molecule has 2 aliphatic rings. The summed E-state index contributed by atoms with van der Waals surface area (Å²) in [6, 6.07) is 0.909. The molecule has 2 aliphatic heterocycles. The summed E-state index contributed by atoms with van der Waals surface area (Å²) in [5, 5.41) is 0. The van der Waals surface area contributed by atoms with Crippen LogP contribution in [0.3, 0.4) is 0 Å². The molecule has 2 rings (SSSR count). The molecule has 0 amide bonds. The van der Waals surface area contributed by atoms with Gasteiger partial charge < -0.3 is 9.38 Å². The van der Waals surface area contributed by atoms with Crippen molar-refractivity contribution >= 4 is 0 Å². The van der Waals surface area contributed by atoms with E-state index in [1.165, 1.54) is 37.1 Å². The highest BCUT2D eigenvalue weighted by atomic mass is 15.4. The first kappa shape index (κ1) is 13.4. The predicted octanol–water partition coefficient (Wildman–Crippen LogP) is 2.45. The summed E-state index contributed by atoms with van der Waals surface area (Å²) in [5.74, 6) is 1.75. The van der Waals surface area contributed by atoms with Gasteiger partial charge in [0, 0.05) is 30.8 Å². The predicted molar refractivity (Wildman–Crippen MR) is 73.9 cm³/mol. The molecule has 0 bridgehead atoms. The third-order valence-corrected chi connectivity index (χ3v) is 5.44. The van der Waals surface area contributed by atoms with Gasteiger partial charge in [0.15, 0.2) is 0 Å². The highest BCUT2D eigenvalue weighted by Crippen LogP contribution is 2.41. The summed E-state index contributed by atoms with van der Waals surface area (Å²) >= 11 is 0. The Balaban J connectivity index is 1.95. The van der Waals surface area contributed by atoms with E-state index in [4.69, 9.17) is 0 Å². The second kappa shape index (κ2) is 4.24. The topological polar surface area (TPSA) is 3.24 Å². The summed E-state index contributed by atoms with van der Waals surface area (Å²) in [7, 11) is 4.72. The van der Waals surface area contributed by atoms with E-state index in [0.717, 1.165) is 17.9 Å². The summed E-state index contributed by atoms with van der Waals surface area (Å²) in [4.78, 5) is 2.45. The smallest absolute Gasteiger partial charge is 0.0965 e. The molecule has 2 saturated heterocycles. The second-order valence-electron chi connectivity index (χ2n) is 7.87. The van der Waals surface area contributed by atoms with Crippen molar-refractivity contribution in [1.29, 1.82) is 0 Å². The lowest BCUT2D eigenvalue weighted by atomic mass is 9.72. The molecule has 0 aromatic rings. The molecule has 1 unspecified atom stereocenters. The fourth-order valence-corrected chi connectivity index (χ4v) is 4.22. The first-order valence-electron chi connectivity index (χ1n) is 7.27. The van der Waals surface area contributed by atoms with Gasteiger partial charge in [0.25, 0.3) is 0 Å². The van der Waals surface area contributed by atoms with Crippen molar-refractivity contribution in [3.05, 3.63) is 0 Å². The van der Waals surface area contributed by atoms with E-state index in [1.807, 2.05) is 0 Å². The second-order valence-corrected chi connectivity index (χ2v) is 7.87. The average Bonchev–Trinajstić information content (AvgIpc) is 2.09. The quantitative estimate of drug-likeness (QED) is 0.681. The normalized spacial score (nSPS) is 35.8. The Labute approximate surface area is 108 Å². The molecular weight excluding hydrogens is 208 g/mol. The van der Waals surface area contributed by atoms with Gasteiger partial charge in [-0.05, 0) is 13.0 Å². The molecule has 0 aromatic carbocycles. The van der Waals surface area contributed by atoms with Crippen molar-refractivity contribution in [2.45, 2.75) is 40.2 Å². The highest BCUT2D eigenvalue weighted by Gasteiger charge is 2.50. The van der Waals surface area contributed by atoms with Crippen LogP contribution in [0.15, 0.2) is 0 Å². The number of nitrogens with zero attached hydrogens (tertiary/aromatic N) is 2. The Morgan fingerprint density at radius 1 is 1.29 bits per heavy atom. The van der Waals surface area contributed by atoms with Gasteiger partial charge in [-0.1, -0.05) is 27.7 Å². The Morgan fingerprint density at radius 2 is 1.88 bits per heavy atom. The molecule has 2 heterocycles. The fourth-order valence-electron chi connectivity index (χ4n) is 4.22. The number of quaternary nitrogens is 1. The van der Waals surface area contributed by atoms with Crippen molar-refractivity contribution in [1.82, 2.24) is 4.90 Å². The van der Waals surface area contributed by atoms with E-state index in [1.54, 1.807) is 0 Å². The molecular formula is C15H31N2+. The van der Waals surface area contributed by atoms with E-state index < -0.39 is 0 Å². The standard InChI is InChI=1S/C15H31N2/c1-12(2)14-7-8-17(14,6)11-15(3,4)13-9-16(5)10-13/h12-14H,7-11H2,1-6H3/q+1/t14-,17?/m0/s1. The van der Waals surface area contributed by atoms with E-state index in [0.29, 0.717) is 5.41 Å². The summed E-state index contributed by atoms with van der Waals surface area (Å²) in [5.41, 5.74) is 0.509. The van der Waals surface area contributed by atoms with Gasteiger partial charge in [0.05, 0.1) is 26.2 Å². The molecule has 0 saturated carbocycles. The van der Waals surface area contributed by atoms with Crippen LogP contribution in [0.5, 0.6) is 0 Å². The zero-order valence-electron chi connectivity index (χ0n) is 12.7. The van der Waals surface area contributed by atoms with Crippen molar-refractivity contribution in [2.75, 3.05) is 40.3 Å². The maximum atomic E-state index is 2.49. The van der Waals surface area contributed by atoms with Crippen LogP contribution in [0, 0.1) is 17.3 Å². The SMILES string of the molecule is CC(C)[C@@H]1CC[N+]1(C)CC(C)(C)C1CN(C)C1. The molecule has 0 aromatic heterocycles. The maximum absolute atomic E-state index is 2.49. The van der Waals surface area contributed by atoms with Crippen LogP contribution < -0.4 is 0 Å². The van der Waals surface area contributed by atoms with Gasteiger partial charge >= 0.3 is 0 Å². The van der Waals surface area contributed by atoms with Crippen LogP contribution in [-0.2, 0) is 0 Å². The molecule has 0 radical (unpaired) electrons. The van der Waals surface area contributed by atoms with Crippen molar-refractivity contribution in [3.63, 3.8) is 0 Å². The Hall–Kier alpha value is -0.0800. The lowest BCUT2D eigenvalue weighted by molar-refractivity contribution is -0.981. The van der Waals surface area contributed by atoms with Gasteiger partial charge in [0.1, 0.15) is 0 Å². The number of hydrogen-bond acceptors (Lipinski definition) is 1. The summed E-state index contributed by atoms with van der Waals surface area (Å²) in [6.07, 6.45) is 1.44. The van der Waals surface area contributed by atoms with Crippen molar-refractivity contribution in [3.8, 4) is 0 Å². The molecule has 100 valence electrons. The largest absolute Gasteiger partial charge is 0.323 e. The molecule has 2 fully saturated rings. The molecule has 2 nitrogen and oxygen atoms in total. The van der Waals surface area contributed by atoms with Gasteiger partial charge in [-0.3, -0.25) is 0 Å². The van der Waals surface area contributed by atoms with E-state index in [2.05, 4.69) is 46.7 Å². The maximum Gasteiger partial charge on any atom is 0.0965 e. The molecule has 0 spiro atoms. The highest BCUT2D eigenvalue weighted by molar-refractivity contribution is 4.90. The van der Waals surface area contributed by atoms with Crippen LogP contribution in [0.25, 0.3) is 0 Å². The Kier molecular flexibility index (Phi) is 3.33. The first-order valence-corrected chi connectivity index (χ1v) is 7.27. The zero-order valence-corrected chi connectivity index (χ0v) is 12.7. The van der Waals surface area contributed by atoms with Gasteiger partial charge in [-0.25, -0.2) is 0 Å². The van der Waals surface area contributed by atoms with Crippen molar-refractivity contribution in [2.24, 2.45) is 17.3 Å². The minimum Gasteiger partial charge on any atom is -0.323 e. The lowest BCUT2D eigenvalue weighted by Gasteiger charge is -2.57. The van der Waals surface area contributed by atoms with Crippen LogP contribution in [0.4, 0.5) is 0 Å². The van der Waals surface area contributed by atoms with Crippen LogP contribution >= 0.6 is 0 Å². The Bertz CT molecular complexity index is 279. The third-order valence-electron chi connectivity index (χ3n) is 5.44. The molecule has 0 N–H and O–H groups in total. The molecule has 0 aliphatic carbocycles. The minimum absolute atomic E-state index is 0.509. The Morgan fingerprint density at radius 3 is 2.24 bits per heavy atom. The van der Waals surface area contributed by atoms with Crippen LogP contribution in [0.2, 0.25) is 0 Å². The first-order chi connectivity index (χ1) is 7.74. The zero-order chi connectivity index (χ0) is 12.8. The van der Waals surface area contributed by atoms with Crippen molar-refractivity contribution < 1.29 is 4.48 Å². The molecule has 2 atom stereocenters. The monoisotopic (exact) mass is 239 g/mol. The molecule has 17 heavy (non-hydrogen) atoms. The van der Waals surface area contributed by atoms with E-state index in [-0.39, 0.29) is 0 Å². The third kappa shape index (κ3) is 2.39. The summed E-state index contributed by atoms with van der Waals surface area (Å²) < 4.78 is 1.32. The van der Waals surface area contributed by atoms with Gasteiger partial charge in [0.2, 0.25) is 0 Å².